The molecule has 0 radical (unpaired) electrons. The molecule has 1 N–H and O–H groups in total. The van der Waals surface area contributed by atoms with E-state index in [2.05, 4.69) is 22.1 Å². The highest BCUT2D eigenvalue weighted by Crippen LogP contribution is 1.59. The summed E-state index contributed by atoms with van der Waals surface area (Å²) in [4.78, 5) is 0. The standard InChI is InChI=1S/C4H6N4.H2S/c1-2-3-8-4-5-6-7-8;/h2,4H,1,3H2;1H2/p+1. The van der Waals surface area contributed by atoms with Crippen molar-refractivity contribution in [2.75, 3.05) is 0 Å². The van der Waals surface area contributed by atoms with Crippen LogP contribution in [-0.2, 0) is 6.54 Å². The molecule has 0 aliphatic heterocycles. The second-order valence-corrected chi connectivity index (χ2v) is 1.37. The SMILES string of the molecule is C=CC[n+]1cnn[nH]1.S. The van der Waals surface area contributed by atoms with Crippen molar-refractivity contribution in [2.45, 2.75) is 6.54 Å². The molecule has 50 valence electrons. The van der Waals surface area contributed by atoms with E-state index in [0.29, 0.717) is 0 Å². The number of rotatable bonds is 2. The Bertz CT molecular complexity index is 159. The maximum Gasteiger partial charge on any atom is 0.288 e. The topological polar surface area (TPSA) is 45.5 Å². The average molecular weight is 145 g/mol. The summed E-state index contributed by atoms with van der Waals surface area (Å²) >= 11 is 0. The number of hydrogen-bond acceptors (Lipinski definition) is 2. The molecule has 0 aliphatic rings. The molecular weight excluding hydrogens is 136 g/mol. The monoisotopic (exact) mass is 145 g/mol. The Kier molecular flexibility index (Phi) is 3.70. The first-order valence-electron chi connectivity index (χ1n) is 2.30. The molecule has 0 saturated carbocycles. The third kappa shape index (κ3) is 2.27. The third-order valence-corrected chi connectivity index (χ3v) is 0.748. The van der Waals surface area contributed by atoms with Gasteiger partial charge in [-0.1, -0.05) is 17.9 Å². The first kappa shape index (κ1) is 8.16. The van der Waals surface area contributed by atoms with Gasteiger partial charge in [0.2, 0.25) is 0 Å². The van der Waals surface area contributed by atoms with Gasteiger partial charge in [-0.25, -0.2) is 0 Å². The highest BCUT2D eigenvalue weighted by molar-refractivity contribution is 7.59. The highest BCUT2D eigenvalue weighted by Gasteiger charge is 1.91. The normalized spacial score (nSPS) is 8.00. The molecule has 0 saturated heterocycles. The number of nitrogens with one attached hydrogen (secondary N) is 1. The predicted octanol–water partition coefficient (Wildman–Crippen LogP) is -0.609. The van der Waals surface area contributed by atoms with Crippen molar-refractivity contribution in [1.29, 1.82) is 0 Å². The van der Waals surface area contributed by atoms with Gasteiger partial charge in [-0.05, 0) is 0 Å². The van der Waals surface area contributed by atoms with E-state index in [1.54, 1.807) is 17.1 Å². The van der Waals surface area contributed by atoms with E-state index < -0.39 is 0 Å². The molecule has 0 atom stereocenters. The molecule has 9 heavy (non-hydrogen) atoms. The molecule has 0 spiro atoms. The lowest BCUT2D eigenvalue weighted by atomic mass is 10.6. The molecule has 0 bridgehead atoms. The smallest absolute Gasteiger partial charge is 0.197 e. The number of nitrogens with zero attached hydrogens (tertiary/aromatic N) is 3. The van der Waals surface area contributed by atoms with Gasteiger partial charge in [0.05, 0.1) is 0 Å². The maximum absolute atomic E-state index is 3.55. The summed E-state index contributed by atoms with van der Waals surface area (Å²) < 4.78 is 1.72. The van der Waals surface area contributed by atoms with Crippen molar-refractivity contribution in [3.8, 4) is 0 Å². The first-order valence-corrected chi connectivity index (χ1v) is 2.30. The van der Waals surface area contributed by atoms with Crippen molar-refractivity contribution in [3.05, 3.63) is 19.0 Å². The second-order valence-electron chi connectivity index (χ2n) is 1.37. The minimum Gasteiger partial charge on any atom is -0.197 e. The minimum atomic E-state index is 0. The molecule has 5 heteroatoms. The Balaban J connectivity index is 0.000000640. The van der Waals surface area contributed by atoms with Gasteiger partial charge in [0.25, 0.3) is 6.33 Å². The Hall–Kier alpha value is -0.840. The van der Waals surface area contributed by atoms with Crippen molar-refractivity contribution >= 4 is 13.5 Å². The summed E-state index contributed by atoms with van der Waals surface area (Å²) in [5, 5.41) is 9.65. The van der Waals surface area contributed by atoms with Crippen LogP contribution in [0.2, 0.25) is 0 Å². The van der Waals surface area contributed by atoms with Crippen LogP contribution in [0.15, 0.2) is 19.0 Å². The van der Waals surface area contributed by atoms with Gasteiger partial charge in [-0.15, -0.1) is 0 Å². The van der Waals surface area contributed by atoms with Crippen LogP contribution in [0.25, 0.3) is 0 Å². The van der Waals surface area contributed by atoms with E-state index >= 15 is 0 Å². The summed E-state index contributed by atoms with van der Waals surface area (Å²) in [7, 11) is 0. The van der Waals surface area contributed by atoms with Crippen LogP contribution in [0.3, 0.4) is 0 Å². The molecule has 0 aliphatic carbocycles. The van der Waals surface area contributed by atoms with Crippen LogP contribution in [0.4, 0.5) is 0 Å². The van der Waals surface area contributed by atoms with Crippen LogP contribution in [0.1, 0.15) is 0 Å². The van der Waals surface area contributed by atoms with Gasteiger partial charge in [0.1, 0.15) is 11.6 Å². The zero-order valence-corrected chi connectivity index (χ0v) is 5.91. The summed E-state index contributed by atoms with van der Waals surface area (Å²) in [5.41, 5.74) is 0. The predicted molar refractivity (Wildman–Crippen MR) is 37.2 cm³/mol. The fourth-order valence-corrected chi connectivity index (χ4v) is 0.424. The number of H-pyrrole nitrogens is 1. The molecule has 0 aromatic carbocycles. The summed E-state index contributed by atoms with van der Waals surface area (Å²) in [6.45, 7) is 4.27. The molecule has 0 fully saturated rings. The van der Waals surface area contributed by atoms with Crippen molar-refractivity contribution in [2.24, 2.45) is 0 Å². The van der Waals surface area contributed by atoms with E-state index in [-0.39, 0.29) is 13.5 Å². The van der Waals surface area contributed by atoms with Gasteiger partial charge in [0, 0.05) is 0 Å². The van der Waals surface area contributed by atoms with Gasteiger partial charge in [0.15, 0.2) is 5.21 Å². The molecule has 1 heterocycles. The van der Waals surface area contributed by atoms with Crippen LogP contribution in [0.5, 0.6) is 0 Å². The van der Waals surface area contributed by atoms with E-state index in [9.17, 15) is 0 Å². The Labute approximate surface area is 60.0 Å². The van der Waals surface area contributed by atoms with Gasteiger partial charge in [-0.3, -0.25) is 0 Å². The van der Waals surface area contributed by atoms with Gasteiger partial charge >= 0.3 is 0 Å². The van der Waals surface area contributed by atoms with Crippen LogP contribution in [-0.4, -0.2) is 15.5 Å². The zero-order valence-electron chi connectivity index (χ0n) is 4.91. The minimum absolute atomic E-state index is 0. The first-order chi connectivity index (χ1) is 3.93. The summed E-state index contributed by atoms with van der Waals surface area (Å²) in [5.74, 6) is 0. The average Bonchev–Trinajstić information content (AvgIpc) is 2.19. The fourth-order valence-electron chi connectivity index (χ4n) is 0.424. The number of hydrogen-bond donors (Lipinski definition) is 1. The highest BCUT2D eigenvalue weighted by atomic mass is 32.1. The zero-order chi connectivity index (χ0) is 5.82. The maximum atomic E-state index is 3.55. The number of tetrazole rings is 1. The molecule has 0 amide bonds. The number of aromatic nitrogens is 4. The van der Waals surface area contributed by atoms with E-state index in [4.69, 9.17) is 0 Å². The van der Waals surface area contributed by atoms with E-state index in [1.807, 2.05) is 0 Å². The van der Waals surface area contributed by atoms with E-state index in [1.165, 1.54) is 0 Å². The molecule has 1 aromatic rings. The molecule has 4 nitrogen and oxygen atoms in total. The Morgan fingerprint density at radius 1 is 1.78 bits per heavy atom. The van der Waals surface area contributed by atoms with Crippen LogP contribution >= 0.6 is 13.5 Å². The van der Waals surface area contributed by atoms with E-state index in [0.717, 1.165) is 6.54 Å². The van der Waals surface area contributed by atoms with Crippen LogP contribution in [0, 0.1) is 0 Å². The van der Waals surface area contributed by atoms with Gasteiger partial charge < -0.3 is 0 Å². The lowest BCUT2D eigenvalue weighted by molar-refractivity contribution is -0.745. The van der Waals surface area contributed by atoms with Gasteiger partial charge in [-0.2, -0.15) is 18.2 Å². The van der Waals surface area contributed by atoms with Crippen molar-refractivity contribution in [3.63, 3.8) is 0 Å². The largest absolute Gasteiger partial charge is 0.288 e. The quantitative estimate of drug-likeness (QED) is 0.446. The molecular formula is C4H9N4S+. The molecule has 1 aromatic heterocycles. The Morgan fingerprint density at radius 3 is 3.00 bits per heavy atom. The molecule has 1 rings (SSSR count). The lowest BCUT2D eigenvalue weighted by Crippen LogP contribution is -2.33. The van der Waals surface area contributed by atoms with Crippen LogP contribution < -0.4 is 4.68 Å². The second kappa shape index (κ2) is 4.08. The number of allylic oxidation sites excluding steroid dienone is 1. The van der Waals surface area contributed by atoms with Crippen molar-refractivity contribution < 1.29 is 4.68 Å². The fraction of sp³-hybridized carbons (Fsp3) is 0.250. The lowest BCUT2D eigenvalue weighted by Gasteiger charge is -1.80. The van der Waals surface area contributed by atoms with Crippen molar-refractivity contribution in [1.82, 2.24) is 15.5 Å². The summed E-state index contributed by atoms with van der Waals surface area (Å²) in [6, 6.07) is 0. The third-order valence-electron chi connectivity index (χ3n) is 0.748. The molecule has 0 unspecified atom stereocenters. The Morgan fingerprint density at radius 2 is 2.56 bits per heavy atom. The summed E-state index contributed by atoms with van der Waals surface area (Å²) in [6.07, 6.45) is 3.36. The number of aromatic amines is 1.